The topological polar surface area (TPSA) is 18.7 Å². The van der Waals surface area contributed by atoms with Gasteiger partial charge in [-0.05, 0) is 118 Å². The molecule has 0 aliphatic carbocycles. The molecule has 78 heavy (non-hydrogen) atoms. The maximum absolute atomic E-state index is 2.63. The van der Waals surface area contributed by atoms with E-state index in [9.17, 15) is 0 Å². The third kappa shape index (κ3) is 5.10. The molecule has 358 valence electrons. The molecule has 0 fully saturated rings. The zero-order valence-corrected chi connectivity index (χ0v) is 42.0. The van der Waals surface area contributed by atoms with Crippen molar-refractivity contribution < 1.29 is 0 Å². The highest BCUT2D eigenvalue weighted by Gasteiger charge is 2.27. The lowest BCUT2D eigenvalue weighted by molar-refractivity contribution is 1.18. The van der Waals surface area contributed by atoms with Crippen LogP contribution in [0.5, 0.6) is 0 Å². The molecule has 19 aromatic rings. The minimum atomic E-state index is 1.16. The number of aromatic nitrogens is 4. The summed E-state index contributed by atoms with van der Waals surface area (Å²) >= 11 is 0. The van der Waals surface area contributed by atoms with Crippen LogP contribution in [0.25, 0.3) is 175 Å². The summed E-state index contributed by atoms with van der Waals surface area (Å²) in [6, 6.07) is 95.4. The van der Waals surface area contributed by atoms with Crippen LogP contribution in [-0.2, 0) is 0 Å². The molecule has 0 atom stereocenters. The number of hydrogen-bond donors (Lipinski definition) is 0. The minimum Gasteiger partial charge on any atom is -0.309 e. The summed E-state index contributed by atoms with van der Waals surface area (Å²) in [5.74, 6) is 0. The van der Waals surface area contributed by atoms with Gasteiger partial charge in [-0.2, -0.15) is 0 Å². The summed E-state index contributed by atoms with van der Waals surface area (Å²) in [6.07, 6.45) is 0. The van der Waals surface area contributed by atoms with Crippen molar-refractivity contribution >= 4 is 141 Å². The molecule has 13 aromatic carbocycles. The number of para-hydroxylation sites is 6. The first-order valence-corrected chi connectivity index (χ1v) is 27.1. The molecule has 0 saturated heterocycles. The molecular weight excluding hydrogens is 945 g/mol. The Kier molecular flexibility index (Phi) is 7.71. The second-order valence-electron chi connectivity index (χ2n) is 21.5. The lowest BCUT2D eigenvalue weighted by Gasteiger charge is -2.12. The minimum absolute atomic E-state index is 1.16. The zero-order valence-electron chi connectivity index (χ0n) is 42.0. The van der Waals surface area contributed by atoms with Crippen LogP contribution in [0, 0.1) is 0 Å². The van der Waals surface area contributed by atoms with E-state index in [0.717, 1.165) is 5.69 Å². The Morgan fingerprint density at radius 2 is 0.654 bits per heavy atom. The Balaban J connectivity index is 0.928. The fourth-order valence-corrected chi connectivity index (χ4v) is 14.6. The Morgan fingerprint density at radius 1 is 0.205 bits per heavy atom. The molecule has 6 heterocycles. The Morgan fingerprint density at radius 3 is 1.31 bits per heavy atom. The van der Waals surface area contributed by atoms with E-state index in [-0.39, 0.29) is 0 Å². The third-order valence-corrected chi connectivity index (χ3v) is 17.7. The van der Waals surface area contributed by atoms with E-state index < -0.39 is 0 Å². The molecule has 4 nitrogen and oxygen atoms in total. The van der Waals surface area contributed by atoms with Crippen molar-refractivity contribution in [2.45, 2.75) is 0 Å². The van der Waals surface area contributed by atoms with Crippen LogP contribution in [0.2, 0.25) is 0 Å². The quantitative estimate of drug-likeness (QED) is 0.167. The van der Waals surface area contributed by atoms with Gasteiger partial charge in [0.15, 0.2) is 0 Å². The number of hydrogen-bond acceptors (Lipinski definition) is 0. The molecule has 19 rings (SSSR count). The average Bonchev–Trinajstić information content (AvgIpc) is 4.53. The first-order chi connectivity index (χ1) is 38.7. The SMILES string of the molecule is c1ccc(-n2c3ccccc3c3cc(-c4cc5ccccc5c5c6cccc7c8cc9c(cc8n(c45)c76)c4c5ccccc5cc5c6cccc(-c7ccc8c(c7)c7ccccc7n8-c7ccccc7)c6n9c54)ccc32)cc1. The van der Waals surface area contributed by atoms with Crippen LogP contribution >= 0.6 is 0 Å². The first-order valence-electron chi connectivity index (χ1n) is 27.1. The van der Waals surface area contributed by atoms with Crippen molar-refractivity contribution in [2.24, 2.45) is 0 Å². The van der Waals surface area contributed by atoms with Gasteiger partial charge in [0.2, 0.25) is 0 Å². The second-order valence-corrected chi connectivity index (χ2v) is 21.5. The van der Waals surface area contributed by atoms with Gasteiger partial charge in [0.05, 0.1) is 55.2 Å². The largest absolute Gasteiger partial charge is 0.309 e. The van der Waals surface area contributed by atoms with Gasteiger partial charge in [-0.15, -0.1) is 0 Å². The molecule has 0 N–H and O–H groups in total. The van der Waals surface area contributed by atoms with Crippen molar-refractivity contribution in [3.05, 3.63) is 255 Å². The monoisotopic (exact) mass is 986 g/mol. The van der Waals surface area contributed by atoms with E-state index in [0.29, 0.717) is 0 Å². The third-order valence-electron chi connectivity index (χ3n) is 17.7. The van der Waals surface area contributed by atoms with E-state index in [1.165, 1.54) is 169 Å². The fourth-order valence-electron chi connectivity index (χ4n) is 14.6. The number of nitrogens with zero attached hydrogens (tertiary/aromatic N) is 4. The lowest BCUT2D eigenvalue weighted by Crippen LogP contribution is -1.93. The van der Waals surface area contributed by atoms with E-state index in [1.807, 2.05) is 0 Å². The Hall–Kier alpha value is -10.4. The predicted octanol–water partition coefficient (Wildman–Crippen LogP) is 19.8. The van der Waals surface area contributed by atoms with Gasteiger partial charge in [-0.25, -0.2) is 0 Å². The number of benzene rings is 13. The standard InChI is InChI=1S/C74H42N4/c1-3-19-47(20-4-1)75-63-31-13-11-25-52(63)58-38-45(33-35-65(58)75)51-27-15-29-55-61-40-44-18-8-10-24-50(44)70-62-42-67-60(41-68(62)78(71(51)55)74(61)70)54-28-16-30-56-69-49-23-9-7-17-43(49)37-57(73(69)77(67)72(54)56)46-34-36-66-59(39-46)53-26-12-14-32-64(53)76(66)48-21-5-2-6-22-48/h1-42H. The van der Waals surface area contributed by atoms with Crippen LogP contribution < -0.4 is 0 Å². The molecule has 0 aliphatic rings. The van der Waals surface area contributed by atoms with Gasteiger partial charge >= 0.3 is 0 Å². The fraction of sp³-hybridized carbons (Fsp3) is 0. The van der Waals surface area contributed by atoms with E-state index in [1.54, 1.807) is 0 Å². The maximum Gasteiger partial charge on any atom is 0.0627 e. The second kappa shape index (κ2) is 14.7. The van der Waals surface area contributed by atoms with Crippen LogP contribution in [0.4, 0.5) is 0 Å². The molecule has 0 saturated carbocycles. The summed E-state index contributed by atoms with van der Waals surface area (Å²) < 4.78 is 10.1. The number of fused-ring (bicyclic) bond motifs is 22. The average molecular weight is 987 g/mol. The van der Waals surface area contributed by atoms with Crippen molar-refractivity contribution in [1.82, 2.24) is 17.9 Å². The van der Waals surface area contributed by atoms with E-state index in [2.05, 4.69) is 273 Å². The van der Waals surface area contributed by atoms with Gasteiger partial charge in [0.25, 0.3) is 0 Å². The van der Waals surface area contributed by atoms with E-state index >= 15 is 0 Å². The maximum atomic E-state index is 2.63. The molecular formula is C74H42N4. The predicted molar refractivity (Wildman–Crippen MR) is 330 cm³/mol. The molecule has 0 unspecified atom stereocenters. The smallest absolute Gasteiger partial charge is 0.0627 e. The molecule has 0 amide bonds. The van der Waals surface area contributed by atoms with Crippen LogP contribution in [-0.4, -0.2) is 17.9 Å². The summed E-state index contributed by atoms with van der Waals surface area (Å²) in [4.78, 5) is 0. The molecule has 6 aromatic heterocycles. The van der Waals surface area contributed by atoms with Crippen LogP contribution in [0.1, 0.15) is 0 Å². The van der Waals surface area contributed by atoms with Crippen molar-refractivity contribution in [2.75, 3.05) is 0 Å². The normalized spacial score (nSPS) is 12.6. The van der Waals surface area contributed by atoms with Gasteiger partial charge in [0.1, 0.15) is 0 Å². The summed E-state index contributed by atoms with van der Waals surface area (Å²) in [6.45, 7) is 0. The highest BCUT2D eigenvalue weighted by molar-refractivity contribution is 6.36. The lowest BCUT2D eigenvalue weighted by atomic mass is 9.94. The number of rotatable bonds is 4. The Bertz CT molecular complexity index is 5790. The summed E-state index contributed by atoms with van der Waals surface area (Å²) in [5.41, 5.74) is 19.5. The van der Waals surface area contributed by atoms with Crippen molar-refractivity contribution in [3.8, 4) is 33.6 Å². The first kappa shape index (κ1) is 40.9. The Labute approximate surface area is 445 Å². The van der Waals surface area contributed by atoms with Gasteiger partial charge in [0, 0.05) is 87.1 Å². The van der Waals surface area contributed by atoms with Crippen molar-refractivity contribution in [3.63, 3.8) is 0 Å². The van der Waals surface area contributed by atoms with Crippen molar-refractivity contribution in [1.29, 1.82) is 0 Å². The summed E-state index contributed by atoms with van der Waals surface area (Å²) in [5, 5.41) is 20.3. The molecule has 0 radical (unpaired) electrons. The van der Waals surface area contributed by atoms with Crippen LogP contribution in [0.15, 0.2) is 255 Å². The molecule has 0 spiro atoms. The molecule has 4 heteroatoms. The molecule has 0 bridgehead atoms. The highest BCUT2D eigenvalue weighted by atomic mass is 15.0. The van der Waals surface area contributed by atoms with Gasteiger partial charge in [-0.1, -0.05) is 170 Å². The van der Waals surface area contributed by atoms with Gasteiger partial charge < -0.3 is 17.9 Å². The van der Waals surface area contributed by atoms with Crippen LogP contribution in [0.3, 0.4) is 0 Å². The van der Waals surface area contributed by atoms with Gasteiger partial charge in [-0.3, -0.25) is 0 Å². The summed E-state index contributed by atoms with van der Waals surface area (Å²) in [7, 11) is 0. The highest BCUT2D eigenvalue weighted by Crippen LogP contribution is 2.51. The van der Waals surface area contributed by atoms with E-state index in [4.69, 9.17) is 0 Å². The zero-order chi connectivity index (χ0) is 50.5. The molecule has 0 aliphatic heterocycles.